The SMILES string of the molecule is CC(=O)OCC(=O)[C@@]1(O)CC[C@H]2[C@@H]3CCC4CC(O)CC[C@]4(C)[C@H]3C(=O)C[C@@]21C. The maximum absolute atomic E-state index is 13.5. The monoisotopic (exact) mass is 406 g/mol. The van der Waals surface area contributed by atoms with Gasteiger partial charge in [0.15, 0.2) is 6.61 Å². The van der Waals surface area contributed by atoms with Crippen molar-refractivity contribution < 1.29 is 29.3 Å². The first kappa shape index (κ1) is 21.0. The van der Waals surface area contributed by atoms with Crippen LogP contribution in [-0.2, 0) is 19.1 Å². The summed E-state index contributed by atoms with van der Waals surface area (Å²) in [5.74, 6) is -0.256. The summed E-state index contributed by atoms with van der Waals surface area (Å²) in [7, 11) is 0. The Labute approximate surface area is 172 Å². The van der Waals surface area contributed by atoms with Crippen molar-refractivity contribution in [3.8, 4) is 0 Å². The summed E-state index contributed by atoms with van der Waals surface area (Å²) in [6.07, 6.45) is 5.28. The van der Waals surface area contributed by atoms with Crippen LogP contribution in [0.15, 0.2) is 0 Å². The van der Waals surface area contributed by atoms with Gasteiger partial charge in [-0.3, -0.25) is 14.4 Å². The zero-order valence-electron chi connectivity index (χ0n) is 17.8. The quantitative estimate of drug-likeness (QED) is 0.698. The lowest BCUT2D eigenvalue weighted by Gasteiger charge is -2.60. The third-order valence-corrected chi connectivity index (χ3v) is 9.35. The van der Waals surface area contributed by atoms with E-state index >= 15 is 0 Å². The molecule has 162 valence electrons. The Morgan fingerprint density at radius 3 is 2.55 bits per heavy atom. The number of ketones is 2. The number of rotatable bonds is 3. The lowest BCUT2D eigenvalue weighted by molar-refractivity contribution is -0.181. The number of carbonyl (C=O) groups excluding carboxylic acids is 3. The van der Waals surface area contributed by atoms with Crippen LogP contribution >= 0.6 is 0 Å². The van der Waals surface area contributed by atoms with Crippen LogP contribution in [0.5, 0.6) is 0 Å². The van der Waals surface area contributed by atoms with Gasteiger partial charge in [-0.25, -0.2) is 0 Å². The Balaban J connectivity index is 1.63. The Kier molecular flexibility index (Phi) is 4.97. The smallest absolute Gasteiger partial charge is 0.303 e. The molecule has 6 nitrogen and oxygen atoms in total. The second-order valence-corrected chi connectivity index (χ2v) is 10.6. The summed E-state index contributed by atoms with van der Waals surface area (Å²) in [6.45, 7) is 4.93. The summed E-state index contributed by atoms with van der Waals surface area (Å²) in [4.78, 5) is 37.5. The number of ether oxygens (including phenoxy) is 1. The van der Waals surface area contributed by atoms with Gasteiger partial charge in [-0.15, -0.1) is 0 Å². The zero-order valence-corrected chi connectivity index (χ0v) is 17.8. The summed E-state index contributed by atoms with van der Waals surface area (Å²) in [5, 5.41) is 21.6. The number of fused-ring (bicyclic) bond motifs is 5. The number of aliphatic hydroxyl groups excluding tert-OH is 1. The molecule has 4 aliphatic rings. The van der Waals surface area contributed by atoms with Gasteiger partial charge in [0.1, 0.15) is 11.4 Å². The summed E-state index contributed by atoms with van der Waals surface area (Å²) in [6, 6.07) is 0. The zero-order chi connectivity index (χ0) is 21.2. The fraction of sp³-hybridized carbons (Fsp3) is 0.870. The van der Waals surface area contributed by atoms with Gasteiger partial charge in [0.25, 0.3) is 0 Å². The minimum atomic E-state index is -1.62. The first-order valence-corrected chi connectivity index (χ1v) is 11.1. The number of Topliss-reactive ketones (excluding diaryl/α,β-unsaturated/α-hetero) is 2. The molecule has 0 aromatic heterocycles. The predicted molar refractivity (Wildman–Crippen MR) is 105 cm³/mol. The normalized spacial score (nSPS) is 49.0. The minimum Gasteiger partial charge on any atom is -0.458 e. The summed E-state index contributed by atoms with van der Waals surface area (Å²) in [5.41, 5.74) is -2.52. The lowest BCUT2D eigenvalue weighted by Crippen LogP contribution is -2.62. The Bertz CT molecular complexity index is 733. The first-order chi connectivity index (χ1) is 13.5. The predicted octanol–water partition coefficient (Wildman–Crippen LogP) is 2.43. The minimum absolute atomic E-state index is 0.0438. The fourth-order valence-corrected chi connectivity index (χ4v) is 7.80. The maximum atomic E-state index is 13.5. The number of hydrogen-bond acceptors (Lipinski definition) is 6. The maximum Gasteiger partial charge on any atom is 0.303 e. The van der Waals surface area contributed by atoms with Crippen LogP contribution in [0.1, 0.15) is 72.1 Å². The van der Waals surface area contributed by atoms with Crippen molar-refractivity contribution in [2.45, 2.75) is 83.8 Å². The van der Waals surface area contributed by atoms with Crippen molar-refractivity contribution in [2.24, 2.45) is 34.5 Å². The van der Waals surface area contributed by atoms with Gasteiger partial charge in [0.2, 0.25) is 5.78 Å². The van der Waals surface area contributed by atoms with Crippen molar-refractivity contribution in [3.63, 3.8) is 0 Å². The molecule has 4 aliphatic carbocycles. The van der Waals surface area contributed by atoms with E-state index in [1.807, 2.05) is 6.92 Å². The molecular formula is C23H34O6. The van der Waals surface area contributed by atoms with E-state index in [9.17, 15) is 24.6 Å². The highest BCUT2D eigenvalue weighted by Crippen LogP contribution is 2.67. The van der Waals surface area contributed by atoms with Crippen molar-refractivity contribution in [2.75, 3.05) is 6.61 Å². The van der Waals surface area contributed by atoms with E-state index in [0.717, 1.165) is 38.5 Å². The van der Waals surface area contributed by atoms with Crippen LogP contribution in [0.3, 0.4) is 0 Å². The van der Waals surface area contributed by atoms with E-state index in [1.165, 1.54) is 6.92 Å². The molecule has 0 bridgehead atoms. The van der Waals surface area contributed by atoms with Crippen LogP contribution < -0.4 is 0 Å². The first-order valence-electron chi connectivity index (χ1n) is 11.1. The highest BCUT2D eigenvalue weighted by Gasteiger charge is 2.69. The largest absolute Gasteiger partial charge is 0.458 e. The molecule has 4 rings (SSSR count). The van der Waals surface area contributed by atoms with Crippen molar-refractivity contribution in [1.29, 1.82) is 0 Å². The molecule has 2 unspecified atom stereocenters. The highest BCUT2D eigenvalue weighted by atomic mass is 16.5. The molecule has 4 saturated carbocycles. The van der Waals surface area contributed by atoms with Crippen molar-refractivity contribution >= 4 is 17.5 Å². The number of carbonyl (C=O) groups is 3. The van der Waals surface area contributed by atoms with E-state index < -0.39 is 29.4 Å². The number of esters is 1. The lowest BCUT2D eigenvalue weighted by atomic mass is 9.44. The van der Waals surface area contributed by atoms with E-state index in [4.69, 9.17) is 4.74 Å². The molecule has 0 radical (unpaired) electrons. The third-order valence-electron chi connectivity index (χ3n) is 9.35. The third kappa shape index (κ3) is 2.93. The molecule has 6 heteroatoms. The fourth-order valence-electron chi connectivity index (χ4n) is 7.80. The van der Waals surface area contributed by atoms with Crippen LogP contribution in [-0.4, -0.2) is 46.1 Å². The molecule has 8 atom stereocenters. The van der Waals surface area contributed by atoms with Crippen LogP contribution in [0.2, 0.25) is 0 Å². The van der Waals surface area contributed by atoms with Crippen LogP contribution in [0.4, 0.5) is 0 Å². The van der Waals surface area contributed by atoms with Crippen LogP contribution in [0.25, 0.3) is 0 Å². The molecule has 0 saturated heterocycles. The van der Waals surface area contributed by atoms with E-state index in [0.29, 0.717) is 12.3 Å². The molecule has 4 fully saturated rings. The Hall–Kier alpha value is -1.27. The van der Waals surface area contributed by atoms with Crippen molar-refractivity contribution in [1.82, 2.24) is 0 Å². The molecule has 0 aliphatic heterocycles. The van der Waals surface area contributed by atoms with E-state index in [-0.39, 0.29) is 41.5 Å². The average Bonchev–Trinajstić information content (AvgIpc) is 2.91. The second-order valence-electron chi connectivity index (χ2n) is 10.6. The van der Waals surface area contributed by atoms with Gasteiger partial charge in [0.05, 0.1) is 6.10 Å². The van der Waals surface area contributed by atoms with Gasteiger partial charge in [-0.05, 0) is 68.1 Å². The van der Waals surface area contributed by atoms with Gasteiger partial charge in [-0.1, -0.05) is 13.8 Å². The average molecular weight is 407 g/mol. The van der Waals surface area contributed by atoms with Crippen LogP contribution in [0, 0.1) is 34.5 Å². The summed E-state index contributed by atoms with van der Waals surface area (Å²) >= 11 is 0. The molecule has 0 aromatic rings. The topological polar surface area (TPSA) is 101 Å². The van der Waals surface area contributed by atoms with Gasteiger partial charge in [0, 0.05) is 24.7 Å². The molecule has 0 aromatic carbocycles. The Morgan fingerprint density at radius 2 is 1.86 bits per heavy atom. The number of aliphatic hydroxyl groups is 2. The Morgan fingerprint density at radius 1 is 1.14 bits per heavy atom. The number of hydrogen-bond donors (Lipinski definition) is 2. The summed E-state index contributed by atoms with van der Waals surface area (Å²) < 4.78 is 4.88. The second kappa shape index (κ2) is 6.88. The molecule has 0 heterocycles. The molecule has 29 heavy (non-hydrogen) atoms. The standard InChI is InChI=1S/C23H34O6/c1-13(24)29-12-19(27)23(28)9-7-17-16-5-4-14-10-15(25)6-8-21(14,2)20(16)18(26)11-22(17,23)3/h14-17,20,25,28H,4-12H2,1-3H3/t14?,15?,16-,17-,20+,21-,22-,23-/m0/s1. The molecule has 0 amide bonds. The van der Waals surface area contributed by atoms with Gasteiger partial charge < -0.3 is 14.9 Å². The van der Waals surface area contributed by atoms with Crippen molar-refractivity contribution in [3.05, 3.63) is 0 Å². The highest BCUT2D eigenvalue weighted by molar-refractivity contribution is 5.93. The van der Waals surface area contributed by atoms with E-state index in [2.05, 4.69) is 6.92 Å². The van der Waals surface area contributed by atoms with Gasteiger partial charge in [-0.2, -0.15) is 0 Å². The van der Waals surface area contributed by atoms with Gasteiger partial charge >= 0.3 is 5.97 Å². The van der Waals surface area contributed by atoms with E-state index in [1.54, 1.807) is 0 Å². The molecular weight excluding hydrogens is 372 g/mol. The molecule has 2 N–H and O–H groups in total. The molecule has 0 spiro atoms.